The second-order valence-electron chi connectivity index (χ2n) is 5.03. The lowest BCUT2D eigenvalue weighted by atomic mass is 10.1. The lowest BCUT2D eigenvalue weighted by Gasteiger charge is -2.18. The molecule has 0 amide bonds. The van der Waals surface area contributed by atoms with Gasteiger partial charge in [-0.25, -0.2) is 4.98 Å². The third kappa shape index (κ3) is 1.91. The van der Waals surface area contributed by atoms with Crippen LogP contribution in [0, 0.1) is 13.8 Å². The largest absolute Gasteiger partial charge is 0.486 e. The molecule has 1 aliphatic rings. The number of aryl methyl sites for hydroxylation is 2. The summed E-state index contributed by atoms with van der Waals surface area (Å²) in [4.78, 5) is 4.53. The number of nitrogens with zero attached hydrogens (tertiary/aromatic N) is 4. The lowest BCUT2D eigenvalue weighted by molar-refractivity contribution is 0.171. The van der Waals surface area contributed by atoms with Crippen molar-refractivity contribution in [1.29, 1.82) is 0 Å². The minimum Gasteiger partial charge on any atom is -0.486 e. The van der Waals surface area contributed by atoms with Crippen molar-refractivity contribution in [3.63, 3.8) is 0 Å². The molecule has 2 aromatic heterocycles. The molecule has 3 heterocycles. The molecule has 0 saturated heterocycles. The first kappa shape index (κ1) is 12.1. The van der Waals surface area contributed by atoms with Crippen LogP contribution in [0.1, 0.15) is 11.4 Å². The fourth-order valence-corrected chi connectivity index (χ4v) is 2.40. The van der Waals surface area contributed by atoms with Crippen LogP contribution in [0.5, 0.6) is 11.5 Å². The highest BCUT2D eigenvalue weighted by atomic mass is 16.6. The third-order valence-corrected chi connectivity index (χ3v) is 3.70. The van der Waals surface area contributed by atoms with Gasteiger partial charge in [0.05, 0.1) is 11.4 Å². The van der Waals surface area contributed by atoms with Crippen molar-refractivity contribution in [2.75, 3.05) is 13.2 Å². The van der Waals surface area contributed by atoms with E-state index in [1.807, 2.05) is 42.6 Å². The van der Waals surface area contributed by atoms with Crippen LogP contribution in [0.4, 0.5) is 0 Å². The molecule has 6 nitrogen and oxygen atoms in total. The summed E-state index contributed by atoms with van der Waals surface area (Å²) in [5.41, 5.74) is 3.75. The van der Waals surface area contributed by atoms with Crippen molar-refractivity contribution < 1.29 is 9.47 Å². The maximum absolute atomic E-state index is 5.61. The van der Waals surface area contributed by atoms with Gasteiger partial charge in [-0.2, -0.15) is 5.10 Å². The maximum Gasteiger partial charge on any atom is 0.254 e. The molecule has 4 rings (SSSR count). The normalized spacial score (nSPS) is 13.6. The predicted molar refractivity (Wildman–Crippen MR) is 76.7 cm³/mol. The Morgan fingerprint density at radius 2 is 1.86 bits per heavy atom. The molecule has 106 valence electrons. The number of hydrogen-bond acceptors (Lipinski definition) is 5. The fourth-order valence-electron chi connectivity index (χ4n) is 2.40. The molecular formula is C15H14N4O2. The van der Waals surface area contributed by atoms with Gasteiger partial charge in [-0.15, -0.1) is 5.10 Å². The SMILES string of the molecule is Cc1nnc2nc(-c3ccc4c(c3)OCCO4)cn2c1C. The summed E-state index contributed by atoms with van der Waals surface area (Å²) in [6.45, 7) is 5.11. The topological polar surface area (TPSA) is 61.5 Å². The van der Waals surface area contributed by atoms with Crippen LogP contribution < -0.4 is 9.47 Å². The van der Waals surface area contributed by atoms with Gasteiger partial charge >= 0.3 is 0 Å². The molecule has 0 aliphatic carbocycles. The average molecular weight is 282 g/mol. The first-order valence-electron chi connectivity index (χ1n) is 6.81. The van der Waals surface area contributed by atoms with Crippen LogP contribution in [0.2, 0.25) is 0 Å². The van der Waals surface area contributed by atoms with Crippen LogP contribution in [0.3, 0.4) is 0 Å². The van der Waals surface area contributed by atoms with Gasteiger partial charge in [0, 0.05) is 17.5 Å². The van der Waals surface area contributed by atoms with Crippen LogP contribution >= 0.6 is 0 Å². The fraction of sp³-hybridized carbons (Fsp3) is 0.267. The molecule has 21 heavy (non-hydrogen) atoms. The Morgan fingerprint density at radius 3 is 2.71 bits per heavy atom. The summed E-state index contributed by atoms with van der Waals surface area (Å²) in [5.74, 6) is 2.14. The van der Waals surface area contributed by atoms with Crippen molar-refractivity contribution in [3.05, 3.63) is 35.8 Å². The Hall–Kier alpha value is -2.63. The van der Waals surface area contributed by atoms with Crippen molar-refractivity contribution in [2.45, 2.75) is 13.8 Å². The second kappa shape index (κ2) is 4.44. The highest BCUT2D eigenvalue weighted by Gasteiger charge is 2.14. The molecule has 0 atom stereocenters. The molecule has 0 spiro atoms. The second-order valence-corrected chi connectivity index (χ2v) is 5.03. The van der Waals surface area contributed by atoms with E-state index in [1.54, 1.807) is 0 Å². The molecule has 0 saturated carbocycles. The van der Waals surface area contributed by atoms with Gasteiger partial charge in [-0.05, 0) is 32.0 Å². The minimum atomic E-state index is 0.575. The Bertz CT molecular complexity index is 841. The number of aromatic nitrogens is 4. The Kier molecular flexibility index (Phi) is 2.57. The van der Waals surface area contributed by atoms with E-state index >= 15 is 0 Å². The van der Waals surface area contributed by atoms with E-state index in [1.165, 1.54) is 0 Å². The number of hydrogen-bond donors (Lipinski definition) is 0. The van der Waals surface area contributed by atoms with E-state index in [9.17, 15) is 0 Å². The molecule has 0 fully saturated rings. The number of imidazole rings is 1. The van der Waals surface area contributed by atoms with E-state index in [0.717, 1.165) is 34.1 Å². The van der Waals surface area contributed by atoms with Crippen LogP contribution in [-0.4, -0.2) is 32.8 Å². The van der Waals surface area contributed by atoms with Gasteiger partial charge in [-0.1, -0.05) is 0 Å². The smallest absolute Gasteiger partial charge is 0.254 e. The highest BCUT2D eigenvalue weighted by molar-refractivity contribution is 5.65. The van der Waals surface area contributed by atoms with Crippen molar-refractivity contribution in [3.8, 4) is 22.8 Å². The maximum atomic E-state index is 5.61. The Morgan fingerprint density at radius 1 is 1.05 bits per heavy atom. The van der Waals surface area contributed by atoms with Crippen LogP contribution in [0.25, 0.3) is 17.0 Å². The van der Waals surface area contributed by atoms with Crippen molar-refractivity contribution in [2.24, 2.45) is 0 Å². The molecule has 0 N–H and O–H groups in total. The summed E-state index contributed by atoms with van der Waals surface area (Å²) in [7, 11) is 0. The van der Waals surface area contributed by atoms with E-state index < -0.39 is 0 Å². The summed E-state index contributed by atoms with van der Waals surface area (Å²) < 4.78 is 13.1. The number of fused-ring (bicyclic) bond motifs is 2. The zero-order chi connectivity index (χ0) is 14.4. The molecule has 3 aromatic rings. The van der Waals surface area contributed by atoms with Gasteiger partial charge in [0.25, 0.3) is 5.78 Å². The first-order chi connectivity index (χ1) is 10.2. The molecule has 0 bridgehead atoms. The first-order valence-corrected chi connectivity index (χ1v) is 6.81. The molecule has 1 aliphatic heterocycles. The Labute approximate surface area is 121 Å². The molecule has 1 aromatic carbocycles. The van der Waals surface area contributed by atoms with Gasteiger partial charge in [-0.3, -0.25) is 4.40 Å². The lowest BCUT2D eigenvalue weighted by Crippen LogP contribution is -2.15. The van der Waals surface area contributed by atoms with Crippen LogP contribution in [0.15, 0.2) is 24.4 Å². The summed E-state index contributed by atoms with van der Waals surface area (Å²) in [6, 6.07) is 5.84. The van der Waals surface area contributed by atoms with E-state index in [2.05, 4.69) is 15.2 Å². The van der Waals surface area contributed by atoms with E-state index in [-0.39, 0.29) is 0 Å². The molecule has 0 radical (unpaired) electrons. The average Bonchev–Trinajstić information content (AvgIpc) is 2.95. The van der Waals surface area contributed by atoms with Gasteiger partial charge < -0.3 is 9.47 Å². The quantitative estimate of drug-likeness (QED) is 0.684. The number of ether oxygens (including phenoxy) is 2. The number of rotatable bonds is 1. The monoisotopic (exact) mass is 282 g/mol. The van der Waals surface area contributed by atoms with E-state index in [4.69, 9.17) is 9.47 Å². The summed E-state index contributed by atoms with van der Waals surface area (Å²) in [5, 5.41) is 8.23. The Balaban J connectivity index is 1.84. The van der Waals surface area contributed by atoms with Crippen LogP contribution in [-0.2, 0) is 0 Å². The molecular weight excluding hydrogens is 268 g/mol. The van der Waals surface area contributed by atoms with Gasteiger partial charge in [0.1, 0.15) is 13.2 Å². The predicted octanol–water partition coefficient (Wildman–Crippen LogP) is 2.18. The van der Waals surface area contributed by atoms with Crippen molar-refractivity contribution >= 4 is 5.78 Å². The zero-order valence-electron chi connectivity index (χ0n) is 11.8. The zero-order valence-corrected chi connectivity index (χ0v) is 11.8. The number of benzene rings is 1. The highest BCUT2D eigenvalue weighted by Crippen LogP contribution is 2.34. The summed E-state index contributed by atoms with van der Waals surface area (Å²) >= 11 is 0. The third-order valence-electron chi connectivity index (χ3n) is 3.70. The van der Waals surface area contributed by atoms with Gasteiger partial charge in [0.2, 0.25) is 0 Å². The standard InChI is InChI=1S/C15H14N4O2/c1-9-10(2)19-8-12(16-15(19)18-17-9)11-3-4-13-14(7-11)21-6-5-20-13/h3-4,7-8H,5-6H2,1-2H3. The summed E-state index contributed by atoms with van der Waals surface area (Å²) in [6.07, 6.45) is 1.97. The van der Waals surface area contributed by atoms with Gasteiger partial charge in [0.15, 0.2) is 11.5 Å². The molecule has 6 heteroatoms. The minimum absolute atomic E-state index is 0.575. The van der Waals surface area contributed by atoms with E-state index in [0.29, 0.717) is 19.0 Å². The van der Waals surface area contributed by atoms with Crippen molar-refractivity contribution in [1.82, 2.24) is 19.6 Å². The molecule has 0 unspecified atom stereocenters.